The number of phosphoric ester groups is 1. The van der Waals surface area contributed by atoms with Crippen LogP contribution in [0.25, 0.3) is 0 Å². The lowest BCUT2D eigenvalue weighted by Gasteiger charge is -2.30. The Labute approximate surface area is 287 Å². The van der Waals surface area contributed by atoms with E-state index >= 15 is 0 Å². The molecule has 0 radical (unpaired) electrons. The number of carbonyl (C=O) groups is 1. The molecule has 0 heterocycles. The summed E-state index contributed by atoms with van der Waals surface area (Å²) in [5.74, 6) is -0.258. The molecule has 3 unspecified atom stereocenters. The Morgan fingerprint density at radius 1 is 0.766 bits per heavy atom. The van der Waals surface area contributed by atoms with Gasteiger partial charge in [0, 0.05) is 6.42 Å². The summed E-state index contributed by atoms with van der Waals surface area (Å²) in [6.45, 7) is 4.43. The average Bonchev–Trinajstić information content (AvgIpc) is 3.01. The van der Waals surface area contributed by atoms with Crippen molar-refractivity contribution < 1.29 is 32.9 Å². The Hall–Kier alpha value is -2.06. The lowest BCUT2D eigenvalue weighted by molar-refractivity contribution is -0.870. The zero-order valence-electron chi connectivity index (χ0n) is 30.2. The number of nitrogens with one attached hydrogen (secondary N) is 1. The van der Waals surface area contributed by atoms with Crippen LogP contribution in [0.15, 0.2) is 72.9 Å². The Bertz CT molecular complexity index is 997. The van der Waals surface area contributed by atoms with Gasteiger partial charge in [0.25, 0.3) is 7.82 Å². The molecule has 0 rings (SSSR count). The van der Waals surface area contributed by atoms with Gasteiger partial charge < -0.3 is 28.8 Å². The van der Waals surface area contributed by atoms with Crippen LogP contribution in [0, 0.1) is 0 Å². The third-order valence-electron chi connectivity index (χ3n) is 7.22. The minimum atomic E-state index is -4.57. The van der Waals surface area contributed by atoms with Gasteiger partial charge in [-0.2, -0.15) is 0 Å². The van der Waals surface area contributed by atoms with E-state index in [0.717, 1.165) is 64.2 Å². The van der Waals surface area contributed by atoms with Gasteiger partial charge in [-0.1, -0.05) is 125 Å². The molecule has 0 aromatic carbocycles. The number of hydrogen-bond acceptors (Lipinski definition) is 6. The van der Waals surface area contributed by atoms with Crippen LogP contribution >= 0.6 is 7.82 Å². The first kappa shape index (κ1) is 44.9. The molecule has 9 heteroatoms. The Balaban J connectivity index is 4.52. The van der Waals surface area contributed by atoms with Crippen molar-refractivity contribution in [1.29, 1.82) is 0 Å². The molecule has 0 saturated heterocycles. The van der Waals surface area contributed by atoms with Crippen molar-refractivity contribution in [1.82, 2.24) is 5.32 Å². The molecule has 0 saturated carbocycles. The monoisotopic (exact) mass is 678 g/mol. The van der Waals surface area contributed by atoms with Gasteiger partial charge in [-0.15, -0.1) is 0 Å². The van der Waals surface area contributed by atoms with E-state index in [0.29, 0.717) is 23.9 Å². The molecule has 0 bridgehead atoms. The molecule has 47 heavy (non-hydrogen) atoms. The normalized spacial score (nSPS) is 15.6. The standard InChI is InChI=1S/C38H67N2O6P/c1-6-8-10-12-14-15-16-17-18-19-20-21-22-23-24-25-26-28-30-32-38(42)39-36(37(41)31-29-27-13-11-9-7-2)35-46-47(43,44)45-34-33-40(3,4)5/h8,10,14-15,17-18,20-21,23-24,26,28,36-37,41H,6-7,9,11-13,16,19,22,25,27,29-35H2,1-5H3,(H-,39,42,43,44)/b10-8-,15-14-,18-17-,21-20-,24-23-,28-26-. The Morgan fingerprint density at radius 3 is 1.77 bits per heavy atom. The number of aliphatic hydroxyl groups is 1. The van der Waals surface area contributed by atoms with E-state index in [9.17, 15) is 19.4 Å². The molecule has 270 valence electrons. The minimum absolute atomic E-state index is 0.00637. The number of aliphatic hydroxyl groups excluding tert-OH is 1. The summed E-state index contributed by atoms with van der Waals surface area (Å²) in [5, 5.41) is 13.6. The maximum Gasteiger partial charge on any atom is 0.268 e. The van der Waals surface area contributed by atoms with Crippen molar-refractivity contribution in [3.63, 3.8) is 0 Å². The number of allylic oxidation sites excluding steroid dienone is 12. The highest BCUT2D eigenvalue weighted by atomic mass is 31.2. The molecule has 8 nitrogen and oxygen atoms in total. The number of hydrogen-bond donors (Lipinski definition) is 2. The second-order valence-electron chi connectivity index (χ2n) is 12.8. The van der Waals surface area contributed by atoms with Crippen molar-refractivity contribution in [2.24, 2.45) is 0 Å². The Morgan fingerprint density at radius 2 is 1.26 bits per heavy atom. The molecule has 0 aromatic rings. The Kier molecular flexibility index (Phi) is 28.7. The average molecular weight is 679 g/mol. The lowest BCUT2D eigenvalue weighted by Crippen LogP contribution is -2.46. The number of rotatable bonds is 30. The van der Waals surface area contributed by atoms with Crippen LogP contribution in [0.3, 0.4) is 0 Å². The molecule has 2 N–H and O–H groups in total. The predicted molar refractivity (Wildman–Crippen MR) is 196 cm³/mol. The van der Waals surface area contributed by atoms with Gasteiger partial charge in [0.2, 0.25) is 5.91 Å². The number of phosphoric acid groups is 1. The van der Waals surface area contributed by atoms with E-state index < -0.39 is 20.0 Å². The molecular weight excluding hydrogens is 611 g/mol. The number of likely N-dealkylation sites (N-methyl/N-ethyl adjacent to an activating group) is 1. The molecule has 0 aromatic heterocycles. The first-order chi connectivity index (χ1) is 22.5. The van der Waals surface area contributed by atoms with Crippen LogP contribution in [-0.4, -0.2) is 68.5 Å². The van der Waals surface area contributed by atoms with Crippen LogP contribution in [0.4, 0.5) is 0 Å². The van der Waals surface area contributed by atoms with Gasteiger partial charge >= 0.3 is 0 Å². The molecule has 0 spiro atoms. The van der Waals surface area contributed by atoms with E-state index in [1.54, 1.807) is 0 Å². The highest BCUT2D eigenvalue weighted by Gasteiger charge is 2.24. The third-order valence-corrected chi connectivity index (χ3v) is 8.19. The van der Waals surface area contributed by atoms with Crippen molar-refractivity contribution in [2.75, 3.05) is 40.9 Å². The molecule has 0 aliphatic carbocycles. The largest absolute Gasteiger partial charge is 0.756 e. The van der Waals surface area contributed by atoms with Gasteiger partial charge in [0.1, 0.15) is 13.2 Å². The highest BCUT2D eigenvalue weighted by molar-refractivity contribution is 7.45. The van der Waals surface area contributed by atoms with Crippen LogP contribution in [0.1, 0.15) is 110 Å². The summed E-state index contributed by atoms with van der Waals surface area (Å²) in [7, 11) is 1.24. The quantitative estimate of drug-likeness (QED) is 0.0343. The molecule has 0 aliphatic heterocycles. The van der Waals surface area contributed by atoms with Crippen molar-refractivity contribution in [3.05, 3.63) is 72.9 Å². The minimum Gasteiger partial charge on any atom is -0.756 e. The first-order valence-electron chi connectivity index (χ1n) is 17.8. The predicted octanol–water partition coefficient (Wildman–Crippen LogP) is 8.27. The molecule has 0 aliphatic rings. The third kappa shape index (κ3) is 32.3. The summed E-state index contributed by atoms with van der Waals surface area (Å²) in [5.41, 5.74) is 0. The summed E-state index contributed by atoms with van der Waals surface area (Å²) >= 11 is 0. The number of quaternary nitrogens is 1. The number of carbonyl (C=O) groups excluding carboxylic acids is 1. The zero-order valence-corrected chi connectivity index (χ0v) is 31.1. The van der Waals surface area contributed by atoms with Crippen LogP contribution in [0.2, 0.25) is 0 Å². The van der Waals surface area contributed by atoms with Crippen molar-refractivity contribution in [3.8, 4) is 0 Å². The fraction of sp³-hybridized carbons (Fsp3) is 0.658. The SMILES string of the molecule is CC/C=C\C/C=C\C/C=C\C/C=C\C/C=C\C/C=C\CCC(=O)NC(COP(=O)([O-])OCC[N+](C)(C)C)C(O)CCCCCCCC. The van der Waals surface area contributed by atoms with Gasteiger partial charge in [0.05, 0.1) is 39.9 Å². The number of unbranched alkanes of at least 4 members (excludes halogenated alkanes) is 5. The van der Waals surface area contributed by atoms with Gasteiger partial charge in [0.15, 0.2) is 0 Å². The maximum atomic E-state index is 12.7. The fourth-order valence-corrected chi connectivity index (χ4v) is 5.08. The second-order valence-corrected chi connectivity index (χ2v) is 14.3. The van der Waals surface area contributed by atoms with Gasteiger partial charge in [-0.25, -0.2) is 0 Å². The van der Waals surface area contributed by atoms with Gasteiger partial charge in [-0.3, -0.25) is 9.36 Å². The van der Waals surface area contributed by atoms with E-state index in [2.05, 4.69) is 79.9 Å². The van der Waals surface area contributed by atoms with Crippen molar-refractivity contribution in [2.45, 2.75) is 122 Å². The molecular formula is C38H67N2O6P. The molecule has 3 atom stereocenters. The zero-order chi connectivity index (χ0) is 35.1. The van der Waals surface area contributed by atoms with E-state index in [4.69, 9.17) is 9.05 Å². The summed E-state index contributed by atoms with van der Waals surface area (Å²) < 4.78 is 22.9. The summed E-state index contributed by atoms with van der Waals surface area (Å²) in [4.78, 5) is 25.0. The maximum absolute atomic E-state index is 12.7. The number of amides is 1. The molecule has 0 fully saturated rings. The second kappa shape index (κ2) is 30.0. The highest BCUT2D eigenvalue weighted by Crippen LogP contribution is 2.38. The lowest BCUT2D eigenvalue weighted by atomic mass is 10.0. The van der Waals surface area contributed by atoms with E-state index in [-0.39, 0.29) is 25.5 Å². The summed E-state index contributed by atoms with van der Waals surface area (Å²) in [6.07, 6.45) is 38.1. The van der Waals surface area contributed by atoms with Crippen LogP contribution < -0.4 is 10.2 Å². The van der Waals surface area contributed by atoms with Crippen LogP contribution in [0.5, 0.6) is 0 Å². The topological polar surface area (TPSA) is 108 Å². The fourth-order valence-electron chi connectivity index (χ4n) is 4.35. The first-order valence-corrected chi connectivity index (χ1v) is 19.2. The number of nitrogens with zero attached hydrogens (tertiary/aromatic N) is 1. The van der Waals surface area contributed by atoms with E-state index in [1.165, 1.54) is 12.8 Å². The summed E-state index contributed by atoms with van der Waals surface area (Å²) in [6, 6.07) is -0.840. The van der Waals surface area contributed by atoms with Gasteiger partial charge in [-0.05, 0) is 51.4 Å². The smallest absolute Gasteiger partial charge is 0.268 e. The van der Waals surface area contributed by atoms with Crippen molar-refractivity contribution >= 4 is 13.7 Å². The van der Waals surface area contributed by atoms with E-state index in [1.807, 2.05) is 33.3 Å². The molecule has 1 amide bonds. The van der Waals surface area contributed by atoms with Crippen LogP contribution in [-0.2, 0) is 18.4 Å².